The Kier molecular flexibility index (Phi) is 4.88. The summed E-state index contributed by atoms with van der Waals surface area (Å²) >= 11 is 0. The van der Waals surface area contributed by atoms with E-state index in [-0.39, 0.29) is 18.0 Å². The van der Waals surface area contributed by atoms with Crippen LogP contribution in [-0.2, 0) is 11.8 Å². The number of fused-ring (bicyclic) bond motifs is 1. The normalized spacial score (nSPS) is 21.3. The van der Waals surface area contributed by atoms with Crippen molar-refractivity contribution in [2.75, 3.05) is 17.2 Å². The van der Waals surface area contributed by atoms with E-state index in [1.54, 1.807) is 10.9 Å². The van der Waals surface area contributed by atoms with Gasteiger partial charge in [-0.2, -0.15) is 15.1 Å². The van der Waals surface area contributed by atoms with Crippen molar-refractivity contribution < 1.29 is 4.79 Å². The summed E-state index contributed by atoms with van der Waals surface area (Å²) in [5.41, 5.74) is 2.92. The molecule has 1 aliphatic carbocycles. The number of hydrogen-bond donors (Lipinski definition) is 3. The van der Waals surface area contributed by atoms with Crippen molar-refractivity contribution >= 4 is 34.4 Å². The van der Waals surface area contributed by atoms with Gasteiger partial charge in [0.1, 0.15) is 11.5 Å². The predicted octanol–water partition coefficient (Wildman–Crippen LogP) is 3.29. The van der Waals surface area contributed by atoms with Crippen molar-refractivity contribution in [3.63, 3.8) is 0 Å². The summed E-state index contributed by atoms with van der Waals surface area (Å²) in [7, 11) is 1.87. The molecule has 0 spiro atoms. The Morgan fingerprint density at radius 2 is 2.13 bits per heavy atom. The third kappa shape index (κ3) is 3.87. The zero-order chi connectivity index (χ0) is 21.5. The summed E-state index contributed by atoms with van der Waals surface area (Å²) in [6.07, 6.45) is 11.4. The number of likely N-dealkylation sites (tertiary alicyclic amines) is 1. The molecule has 2 atom stereocenters. The van der Waals surface area contributed by atoms with Gasteiger partial charge in [0.15, 0.2) is 0 Å². The molecule has 1 aliphatic heterocycles. The van der Waals surface area contributed by atoms with Crippen molar-refractivity contribution in [1.29, 1.82) is 0 Å². The highest BCUT2D eigenvalue weighted by molar-refractivity contribution is 5.93. The minimum atomic E-state index is -0.0221. The fraction of sp³-hybridized carbons (Fsp3) is 0.455. The number of hydrogen-bond acceptors (Lipinski definition) is 6. The van der Waals surface area contributed by atoms with Gasteiger partial charge in [-0.15, -0.1) is 0 Å². The molecule has 2 aliphatic rings. The number of H-pyrrole nitrogens is 1. The van der Waals surface area contributed by atoms with Crippen molar-refractivity contribution in [3.8, 4) is 0 Å². The number of carbonyl (C=O) groups excluding carboxylic acids is 1. The fourth-order valence-corrected chi connectivity index (χ4v) is 4.39. The van der Waals surface area contributed by atoms with E-state index in [1.807, 2.05) is 18.1 Å². The number of carbonyl (C=O) groups is 1. The molecule has 3 aromatic heterocycles. The first-order valence-electron chi connectivity index (χ1n) is 10.9. The molecule has 0 unspecified atom stereocenters. The van der Waals surface area contributed by atoms with Crippen LogP contribution in [0.2, 0.25) is 0 Å². The van der Waals surface area contributed by atoms with Crippen LogP contribution in [0.1, 0.15) is 44.1 Å². The molecule has 5 rings (SSSR count). The van der Waals surface area contributed by atoms with Gasteiger partial charge in [-0.3, -0.25) is 9.48 Å². The van der Waals surface area contributed by atoms with E-state index < -0.39 is 0 Å². The number of nitrogens with one attached hydrogen (secondary N) is 3. The van der Waals surface area contributed by atoms with E-state index in [0.29, 0.717) is 18.4 Å². The van der Waals surface area contributed by atoms with Crippen LogP contribution in [0.3, 0.4) is 0 Å². The quantitative estimate of drug-likeness (QED) is 0.529. The molecule has 3 N–H and O–H groups in total. The topological polar surface area (TPSA) is 104 Å². The molecule has 2 fully saturated rings. The minimum absolute atomic E-state index is 0.0221. The van der Waals surface area contributed by atoms with Gasteiger partial charge in [0.05, 0.1) is 17.3 Å². The second-order valence-electron chi connectivity index (χ2n) is 8.63. The molecule has 0 radical (unpaired) electrons. The van der Waals surface area contributed by atoms with Crippen molar-refractivity contribution in [3.05, 3.63) is 36.8 Å². The Balaban J connectivity index is 1.47. The molecule has 1 saturated heterocycles. The van der Waals surface area contributed by atoms with Crippen molar-refractivity contribution in [2.45, 2.75) is 50.6 Å². The molecule has 31 heavy (non-hydrogen) atoms. The van der Waals surface area contributed by atoms with E-state index >= 15 is 0 Å². The maximum Gasteiger partial charge on any atom is 0.246 e. The number of rotatable bonds is 6. The highest BCUT2D eigenvalue weighted by Crippen LogP contribution is 2.44. The molecule has 9 heteroatoms. The van der Waals surface area contributed by atoms with Crippen LogP contribution in [0.25, 0.3) is 11.0 Å². The van der Waals surface area contributed by atoms with Crippen LogP contribution < -0.4 is 10.6 Å². The van der Waals surface area contributed by atoms with Crippen LogP contribution >= 0.6 is 0 Å². The second-order valence-corrected chi connectivity index (χ2v) is 8.63. The van der Waals surface area contributed by atoms with Gasteiger partial charge in [0, 0.05) is 38.1 Å². The van der Waals surface area contributed by atoms with Crippen LogP contribution in [0.4, 0.5) is 17.5 Å². The van der Waals surface area contributed by atoms with Gasteiger partial charge in [-0.05, 0) is 50.2 Å². The second kappa shape index (κ2) is 7.72. The van der Waals surface area contributed by atoms with E-state index in [4.69, 9.17) is 9.97 Å². The number of anilines is 3. The molecule has 9 nitrogen and oxygen atoms in total. The number of aromatic nitrogens is 5. The lowest BCUT2D eigenvalue weighted by Gasteiger charge is -2.38. The highest BCUT2D eigenvalue weighted by Gasteiger charge is 2.31. The lowest BCUT2D eigenvalue weighted by atomic mass is 9.99. The van der Waals surface area contributed by atoms with E-state index in [2.05, 4.69) is 40.4 Å². The maximum absolute atomic E-state index is 12.3. The Labute approximate surface area is 180 Å². The predicted molar refractivity (Wildman–Crippen MR) is 120 cm³/mol. The zero-order valence-corrected chi connectivity index (χ0v) is 17.9. The molecule has 1 amide bonds. The van der Waals surface area contributed by atoms with Gasteiger partial charge in [-0.25, -0.2) is 0 Å². The summed E-state index contributed by atoms with van der Waals surface area (Å²) in [6.45, 7) is 6.38. The summed E-state index contributed by atoms with van der Waals surface area (Å²) in [5.74, 6) is 1.87. The Morgan fingerprint density at radius 1 is 1.29 bits per heavy atom. The molecule has 162 valence electrons. The number of nitrogens with zero attached hydrogens (tertiary/aromatic N) is 5. The lowest BCUT2D eigenvalue weighted by molar-refractivity contribution is -0.129. The number of amides is 1. The molecule has 1 saturated carbocycles. The van der Waals surface area contributed by atoms with E-state index in [0.717, 1.165) is 35.4 Å². The van der Waals surface area contributed by atoms with Crippen LogP contribution in [0.15, 0.2) is 31.2 Å². The van der Waals surface area contributed by atoms with Gasteiger partial charge in [0.25, 0.3) is 0 Å². The third-order valence-electron chi connectivity index (χ3n) is 6.22. The molecule has 3 aromatic rings. The number of aryl methyl sites for hydroxylation is 1. The number of aromatic amines is 1. The summed E-state index contributed by atoms with van der Waals surface area (Å²) in [5, 5.41) is 12.1. The van der Waals surface area contributed by atoms with E-state index in [9.17, 15) is 4.79 Å². The average molecular weight is 421 g/mol. The summed E-state index contributed by atoms with van der Waals surface area (Å²) in [4.78, 5) is 27.0. The maximum atomic E-state index is 12.3. The monoisotopic (exact) mass is 420 g/mol. The summed E-state index contributed by atoms with van der Waals surface area (Å²) in [6, 6.07) is 0.331. The summed E-state index contributed by atoms with van der Waals surface area (Å²) < 4.78 is 1.73. The fourth-order valence-electron chi connectivity index (χ4n) is 4.39. The first-order valence-corrected chi connectivity index (χ1v) is 10.9. The Bertz CT molecular complexity index is 1130. The Hall–Kier alpha value is -3.36. The van der Waals surface area contributed by atoms with Gasteiger partial charge in [0.2, 0.25) is 11.9 Å². The molecule has 0 bridgehead atoms. The van der Waals surface area contributed by atoms with Gasteiger partial charge in [-0.1, -0.05) is 6.58 Å². The van der Waals surface area contributed by atoms with Crippen molar-refractivity contribution in [1.82, 2.24) is 29.6 Å². The first kappa shape index (κ1) is 19.6. The van der Waals surface area contributed by atoms with Crippen molar-refractivity contribution in [2.24, 2.45) is 7.05 Å². The molecule has 0 aromatic carbocycles. The zero-order valence-electron chi connectivity index (χ0n) is 17.9. The highest BCUT2D eigenvalue weighted by atomic mass is 16.2. The van der Waals surface area contributed by atoms with Gasteiger partial charge >= 0.3 is 0 Å². The molecular weight excluding hydrogens is 392 g/mol. The SMILES string of the molecule is C=CC(=O)N1C[C@H](Nc2nc(Nc3cnn(C)c3)nc3[nH]cc(C4CC4)c23)CC[C@@H]1C. The Morgan fingerprint density at radius 3 is 2.84 bits per heavy atom. The van der Waals surface area contributed by atoms with Crippen LogP contribution in [-0.4, -0.2) is 54.2 Å². The molecular formula is C22H28N8O. The van der Waals surface area contributed by atoms with Crippen LogP contribution in [0, 0.1) is 0 Å². The lowest BCUT2D eigenvalue weighted by Crippen LogP contribution is -2.49. The average Bonchev–Trinajstić information content (AvgIpc) is 3.39. The van der Waals surface area contributed by atoms with E-state index in [1.165, 1.54) is 24.5 Å². The smallest absolute Gasteiger partial charge is 0.246 e. The first-order chi connectivity index (χ1) is 15.0. The minimum Gasteiger partial charge on any atom is -0.365 e. The van der Waals surface area contributed by atoms with Gasteiger partial charge < -0.3 is 20.5 Å². The number of piperidine rings is 1. The largest absolute Gasteiger partial charge is 0.365 e. The third-order valence-corrected chi connectivity index (χ3v) is 6.22. The molecule has 4 heterocycles. The van der Waals surface area contributed by atoms with Crippen LogP contribution in [0.5, 0.6) is 0 Å². The standard InChI is InChI=1S/C22H28N8O/c1-4-18(31)30-12-15(8-5-13(30)2)25-21-19-17(14-6-7-14)10-23-20(19)27-22(28-21)26-16-9-24-29(3)11-16/h4,9-11,13-15H,1,5-8,12H2,2-3H3,(H3,23,25,26,27,28)/t13-,15+/m0/s1.